The standard InChI is InChI=1S/C17H19NO2/c1-13-8-9-15(12-16(13)20-2)17(19)18-11-10-14-6-4-3-5-7-14/h3-9,12H,10-11H2,1-2H3,(H,18,19). The lowest BCUT2D eigenvalue weighted by Gasteiger charge is -2.08. The molecule has 104 valence electrons. The zero-order chi connectivity index (χ0) is 14.4. The van der Waals surface area contributed by atoms with Crippen LogP contribution in [0.2, 0.25) is 0 Å². The molecular weight excluding hydrogens is 250 g/mol. The lowest BCUT2D eigenvalue weighted by atomic mass is 10.1. The number of hydrogen-bond acceptors (Lipinski definition) is 2. The van der Waals surface area contributed by atoms with Crippen LogP contribution in [0.5, 0.6) is 5.75 Å². The molecule has 0 heterocycles. The Morgan fingerprint density at radius 3 is 2.60 bits per heavy atom. The van der Waals surface area contributed by atoms with Gasteiger partial charge in [-0.05, 0) is 36.6 Å². The normalized spacial score (nSPS) is 10.1. The maximum atomic E-state index is 12.0. The Morgan fingerprint density at radius 1 is 1.15 bits per heavy atom. The summed E-state index contributed by atoms with van der Waals surface area (Å²) in [5.41, 5.74) is 2.86. The fourth-order valence-corrected chi connectivity index (χ4v) is 2.03. The summed E-state index contributed by atoms with van der Waals surface area (Å²) in [6.45, 7) is 2.58. The lowest BCUT2D eigenvalue weighted by molar-refractivity contribution is 0.0954. The summed E-state index contributed by atoms with van der Waals surface area (Å²) >= 11 is 0. The highest BCUT2D eigenvalue weighted by Crippen LogP contribution is 2.18. The maximum absolute atomic E-state index is 12.0. The largest absolute Gasteiger partial charge is 0.496 e. The second-order valence-electron chi connectivity index (χ2n) is 4.68. The van der Waals surface area contributed by atoms with E-state index >= 15 is 0 Å². The molecule has 0 fully saturated rings. The highest BCUT2D eigenvalue weighted by molar-refractivity contribution is 5.94. The van der Waals surface area contributed by atoms with Crippen LogP contribution in [0.15, 0.2) is 48.5 Å². The van der Waals surface area contributed by atoms with Gasteiger partial charge in [-0.25, -0.2) is 0 Å². The van der Waals surface area contributed by atoms with E-state index in [9.17, 15) is 4.79 Å². The molecule has 2 aromatic carbocycles. The van der Waals surface area contributed by atoms with Gasteiger partial charge in [-0.15, -0.1) is 0 Å². The van der Waals surface area contributed by atoms with Crippen molar-refractivity contribution in [3.8, 4) is 5.75 Å². The maximum Gasteiger partial charge on any atom is 0.251 e. The third-order valence-corrected chi connectivity index (χ3v) is 3.21. The lowest BCUT2D eigenvalue weighted by Crippen LogP contribution is -2.25. The van der Waals surface area contributed by atoms with Crippen molar-refractivity contribution in [2.45, 2.75) is 13.3 Å². The van der Waals surface area contributed by atoms with Crippen LogP contribution < -0.4 is 10.1 Å². The summed E-state index contributed by atoms with van der Waals surface area (Å²) in [5, 5.41) is 2.92. The van der Waals surface area contributed by atoms with Gasteiger partial charge in [-0.3, -0.25) is 4.79 Å². The van der Waals surface area contributed by atoms with Gasteiger partial charge < -0.3 is 10.1 Å². The molecule has 0 aromatic heterocycles. The van der Waals surface area contributed by atoms with Crippen molar-refractivity contribution in [1.82, 2.24) is 5.32 Å². The first-order valence-electron chi connectivity index (χ1n) is 6.67. The van der Waals surface area contributed by atoms with E-state index in [2.05, 4.69) is 17.4 Å². The fraction of sp³-hybridized carbons (Fsp3) is 0.235. The van der Waals surface area contributed by atoms with Crippen LogP contribution in [-0.4, -0.2) is 19.6 Å². The number of methoxy groups -OCH3 is 1. The van der Waals surface area contributed by atoms with E-state index in [0.29, 0.717) is 12.1 Å². The Balaban J connectivity index is 1.92. The topological polar surface area (TPSA) is 38.3 Å². The predicted molar refractivity (Wildman–Crippen MR) is 80.2 cm³/mol. The van der Waals surface area contributed by atoms with Crippen molar-refractivity contribution in [1.29, 1.82) is 0 Å². The minimum absolute atomic E-state index is 0.0702. The van der Waals surface area contributed by atoms with Gasteiger partial charge in [0.05, 0.1) is 7.11 Å². The molecule has 0 spiro atoms. The molecule has 1 amide bonds. The molecule has 0 aliphatic heterocycles. The second kappa shape index (κ2) is 6.75. The molecule has 0 saturated heterocycles. The molecule has 0 radical (unpaired) electrons. The SMILES string of the molecule is COc1cc(C(=O)NCCc2ccccc2)ccc1C. The Kier molecular flexibility index (Phi) is 4.77. The predicted octanol–water partition coefficient (Wildman–Crippen LogP) is 2.98. The quantitative estimate of drug-likeness (QED) is 0.906. The fourth-order valence-electron chi connectivity index (χ4n) is 2.03. The van der Waals surface area contributed by atoms with Gasteiger partial charge >= 0.3 is 0 Å². The van der Waals surface area contributed by atoms with E-state index in [0.717, 1.165) is 17.7 Å². The minimum Gasteiger partial charge on any atom is -0.496 e. The molecule has 0 bridgehead atoms. The third kappa shape index (κ3) is 3.60. The number of nitrogens with one attached hydrogen (secondary N) is 1. The zero-order valence-electron chi connectivity index (χ0n) is 11.8. The molecule has 3 nitrogen and oxygen atoms in total. The van der Waals surface area contributed by atoms with E-state index in [1.165, 1.54) is 5.56 Å². The number of carbonyl (C=O) groups excluding carboxylic acids is 1. The van der Waals surface area contributed by atoms with Crippen molar-refractivity contribution >= 4 is 5.91 Å². The van der Waals surface area contributed by atoms with E-state index in [1.807, 2.05) is 37.3 Å². The zero-order valence-corrected chi connectivity index (χ0v) is 11.8. The van der Waals surface area contributed by atoms with E-state index < -0.39 is 0 Å². The molecule has 2 aromatic rings. The number of hydrogen-bond donors (Lipinski definition) is 1. The van der Waals surface area contributed by atoms with Crippen LogP contribution in [-0.2, 0) is 6.42 Å². The summed E-state index contributed by atoms with van der Waals surface area (Å²) in [7, 11) is 1.61. The molecular formula is C17H19NO2. The van der Waals surface area contributed by atoms with Crippen LogP contribution in [0.3, 0.4) is 0 Å². The molecule has 0 aliphatic carbocycles. The molecule has 1 N–H and O–H groups in total. The smallest absolute Gasteiger partial charge is 0.251 e. The molecule has 0 atom stereocenters. The van der Waals surface area contributed by atoms with Crippen molar-refractivity contribution in [2.75, 3.05) is 13.7 Å². The van der Waals surface area contributed by atoms with E-state index in [-0.39, 0.29) is 5.91 Å². The summed E-state index contributed by atoms with van der Waals surface area (Å²) in [5.74, 6) is 0.667. The van der Waals surface area contributed by atoms with Gasteiger partial charge in [0.1, 0.15) is 5.75 Å². The average Bonchev–Trinajstić information content (AvgIpc) is 2.48. The number of rotatable bonds is 5. The first kappa shape index (κ1) is 14.1. The molecule has 0 saturated carbocycles. The van der Waals surface area contributed by atoms with Crippen LogP contribution in [0.1, 0.15) is 21.5 Å². The van der Waals surface area contributed by atoms with Crippen molar-refractivity contribution in [3.63, 3.8) is 0 Å². The third-order valence-electron chi connectivity index (χ3n) is 3.21. The first-order valence-corrected chi connectivity index (χ1v) is 6.67. The Morgan fingerprint density at radius 2 is 1.90 bits per heavy atom. The number of carbonyl (C=O) groups is 1. The summed E-state index contributed by atoms with van der Waals surface area (Å²) < 4.78 is 5.23. The van der Waals surface area contributed by atoms with Crippen LogP contribution >= 0.6 is 0 Å². The van der Waals surface area contributed by atoms with Gasteiger partial charge in [0, 0.05) is 12.1 Å². The van der Waals surface area contributed by atoms with Gasteiger partial charge in [0.2, 0.25) is 0 Å². The van der Waals surface area contributed by atoms with Gasteiger partial charge in [0.15, 0.2) is 0 Å². The summed E-state index contributed by atoms with van der Waals surface area (Å²) in [4.78, 5) is 12.0. The highest BCUT2D eigenvalue weighted by atomic mass is 16.5. The second-order valence-corrected chi connectivity index (χ2v) is 4.68. The van der Waals surface area contributed by atoms with Crippen LogP contribution in [0, 0.1) is 6.92 Å². The monoisotopic (exact) mass is 269 g/mol. The molecule has 20 heavy (non-hydrogen) atoms. The van der Waals surface area contributed by atoms with Crippen LogP contribution in [0.4, 0.5) is 0 Å². The van der Waals surface area contributed by atoms with Gasteiger partial charge in [-0.1, -0.05) is 36.4 Å². The van der Waals surface area contributed by atoms with E-state index in [4.69, 9.17) is 4.74 Å². The Labute approximate surface area is 119 Å². The average molecular weight is 269 g/mol. The minimum atomic E-state index is -0.0702. The number of ether oxygens (including phenoxy) is 1. The number of benzene rings is 2. The Hall–Kier alpha value is -2.29. The molecule has 3 heteroatoms. The van der Waals surface area contributed by atoms with Crippen molar-refractivity contribution < 1.29 is 9.53 Å². The van der Waals surface area contributed by atoms with Gasteiger partial charge in [-0.2, -0.15) is 0 Å². The number of aryl methyl sites for hydroxylation is 1. The highest BCUT2D eigenvalue weighted by Gasteiger charge is 2.07. The molecule has 0 aliphatic rings. The summed E-state index contributed by atoms with van der Waals surface area (Å²) in [6.07, 6.45) is 0.829. The summed E-state index contributed by atoms with van der Waals surface area (Å²) in [6, 6.07) is 15.6. The van der Waals surface area contributed by atoms with Gasteiger partial charge in [0.25, 0.3) is 5.91 Å². The molecule has 0 unspecified atom stereocenters. The first-order chi connectivity index (χ1) is 9.70. The van der Waals surface area contributed by atoms with E-state index in [1.54, 1.807) is 13.2 Å². The van der Waals surface area contributed by atoms with Crippen molar-refractivity contribution in [3.05, 3.63) is 65.2 Å². The number of amides is 1. The molecule has 2 rings (SSSR count). The van der Waals surface area contributed by atoms with Crippen LogP contribution in [0.25, 0.3) is 0 Å². The Bertz CT molecular complexity index is 579. The van der Waals surface area contributed by atoms with Crippen molar-refractivity contribution in [2.24, 2.45) is 0 Å².